The second-order valence-electron chi connectivity index (χ2n) is 6.97. The van der Waals surface area contributed by atoms with Crippen molar-refractivity contribution < 1.29 is 4.79 Å². The van der Waals surface area contributed by atoms with E-state index in [9.17, 15) is 4.79 Å². The highest BCUT2D eigenvalue weighted by Crippen LogP contribution is 2.32. The molecule has 0 radical (unpaired) electrons. The van der Waals surface area contributed by atoms with E-state index in [0.717, 1.165) is 12.1 Å². The van der Waals surface area contributed by atoms with Gasteiger partial charge in [0, 0.05) is 7.05 Å². The minimum Gasteiger partial charge on any atom is -0.344 e. The highest BCUT2D eigenvalue weighted by molar-refractivity contribution is 5.92. The fraction of sp³-hybridized carbons (Fsp3) is 0.500. The van der Waals surface area contributed by atoms with Crippen molar-refractivity contribution in [2.24, 2.45) is 13.0 Å². The SMILES string of the molecule is Cc1cc(C(=O)NC(CC2CCCCC2)c2ccccc2)n(C)n1. The molecule has 0 spiro atoms. The second-order valence-corrected chi connectivity index (χ2v) is 6.97. The van der Waals surface area contributed by atoms with E-state index in [1.54, 1.807) is 4.68 Å². The Morgan fingerprint density at radius 3 is 2.58 bits per heavy atom. The third-order valence-electron chi connectivity index (χ3n) is 5.04. The van der Waals surface area contributed by atoms with Crippen LogP contribution >= 0.6 is 0 Å². The Hall–Kier alpha value is -2.10. The van der Waals surface area contributed by atoms with Gasteiger partial charge < -0.3 is 5.32 Å². The van der Waals surface area contributed by atoms with Crippen LogP contribution in [-0.4, -0.2) is 15.7 Å². The largest absolute Gasteiger partial charge is 0.344 e. The number of aromatic nitrogens is 2. The van der Waals surface area contributed by atoms with Crippen molar-refractivity contribution in [2.45, 2.75) is 51.5 Å². The van der Waals surface area contributed by atoms with Gasteiger partial charge >= 0.3 is 0 Å². The van der Waals surface area contributed by atoms with Gasteiger partial charge in [-0.2, -0.15) is 5.10 Å². The van der Waals surface area contributed by atoms with E-state index in [2.05, 4.69) is 22.5 Å². The number of benzene rings is 1. The van der Waals surface area contributed by atoms with Crippen LogP contribution in [0.1, 0.15) is 66.3 Å². The van der Waals surface area contributed by atoms with Crippen LogP contribution in [0.4, 0.5) is 0 Å². The first-order chi connectivity index (χ1) is 11.6. The monoisotopic (exact) mass is 325 g/mol. The van der Waals surface area contributed by atoms with Gasteiger partial charge in [0.25, 0.3) is 5.91 Å². The van der Waals surface area contributed by atoms with E-state index >= 15 is 0 Å². The minimum absolute atomic E-state index is 0.0391. The number of nitrogens with one attached hydrogen (secondary N) is 1. The molecule has 3 rings (SSSR count). The lowest BCUT2D eigenvalue weighted by Gasteiger charge is -2.27. The molecule has 1 atom stereocenters. The summed E-state index contributed by atoms with van der Waals surface area (Å²) in [5.41, 5.74) is 2.68. The standard InChI is InChI=1S/C20H27N3O/c1-15-13-19(23(2)22-15)20(24)21-18(17-11-7-4-8-12-17)14-16-9-5-3-6-10-16/h4,7-8,11-13,16,18H,3,5-6,9-10,14H2,1-2H3,(H,21,24). The zero-order valence-corrected chi connectivity index (χ0v) is 14.7. The van der Waals surface area contributed by atoms with Gasteiger partial charge in [0.1, 0.15) is 5.69 Å². The Bertz CT molecular complexity index is 671. The van der Waals surface area contributed by atoms with Crippen molar-refractivity contribution in [1.82, 2.24) is 15.1 Å². The van der Waals surface area contributed by atoms with Crippen molar-refractivity contribution in [3.63, 3.8) is 0 Å². The van der Waals surface area contributed by atoms with Gasteiger partial charge in [0.2, 0.25) is 0 Å². The molecule has 1 N–H and O–H groups in total. The van der Waals surface area contributed by atoms with E-state index in [1.165, 1.54) is 37.7 Å². The van der Waals surface area contributed by atoms with Crippen LogP contribution in [0, 0.1) is 12.8 Å². The minimum atomic E-state index is -0.0391. The number of carbonyl (C=O) groups excluding carboxylic acids is 1. The molecule has 24 heavy (non-hydrogen) atoms. The molecule has 1 saturated carbocycles. The lowest BCUT2D eigenvalue weighted by Crippen LogP contribution is -2.31. The summed E-state index contributed by atoms with van der Waals surface area (Å²) >= 11 is 0. The van der Waals surface area contributed by atoms with E-state index in [-0.39, 0.29) is 11.9 Å². The first-order valence-electron chi connectivity index (χ1n) is 9.00. The molecule has 1 aliphatic carbocycles. The van der Waals surface area contributed by atoms with E-state index in [0.29, 0.717) is 11.6 Å². The summed E-state index contributed by atoms with van der Waals surface area (Å²) in [6, 6.07) is 12.3. The quantitative estimate of drug-likeness (QED) is 0.897. The molecule has 2 aromatic rings. The van der Waals surface area contributed by atoms with Gasteiger partial charge in [-0.3, -0.25) is 9.48 Å². The number of carbonyl (C=O) groups is 1. The highest BCUT2D eigenvalue weighted by Gasteiger charge is 2.23. The van der Waals surface area contributed by atoms with Crippen molar-refractivity contribution in [3.8, 4) is 0 Å². The van der Waals surface area contributed by atoms with E-state index in [4.69, 9.17) is 0 Å². The van der Waals surface area contributed by atoms with Crippen LogP contribution in [0.5, 0.6) is 0 Å². The van der Waals surface area contributed by atoms with E-state index < -0.39 is 0 Å². The smallest absolute Gasteiger partial charge is 0.270 e. The molecular weight excluding hydrogens is 298 g/mol. The van der Waals surface area contributed by atoms with Gasteiger partial charge in [-0.15, -0.1) is 0 Å². The van der Waals surface area contributed by atoms with Gasteiger partial charge in [-0.05, 0) is 30.9 Å². The Labute approximate surface area is 144 Å². The molecule has 0 saturated heterocycles. The first-order valence-corrected chi connectivity index (χ1v) is 9.00. The topological polar surface area (TPSA) is 46.9 Å². The Morgan fingerprint density at radius 2 is 1.96 bits per heavy atom. The Morgan fingerprint density at radius 1 is 1.25 bits per heavy atom. The molecule has 4 nitrogen and oxygen atoms in total. The molecule has 0 aliphatic heterocycles. The summed E-state index contributed by atoms with van der Waals surface area (Å²) < 4.78 is 1.66. The van der Waals surface area contributed by atoms with Crippen molar-refractivity contribution in [1.29, 1.82) is 0 Å². The molecule has 128 valence electrons. The third kappa shape index (κ3) is 4.05. The number of nitrogens with zero attached hydrogens (tertiary/aromatic N) is 2. The van der Waals surface area contributed by atoms with Gasteiger partial charge in [-0.1, -0.05) is 62.4 Å². The Balaban J connectivity index is 1.76. The maximum atomic E-state index is 12.7. The first kappa shape index (κ1) is 16.7. The van der Waals surface area contributed by atoms with Gasteiger partial charge in [-0.25, -0.2) is 0 Å². The fourth-order valence-electron chi connectivity index (χ4n) is 3.78. The maximum absolute atomic E-state index is 12.7. The number of rotatable bonds is 5. The fourth-order valence-corrected chi connectivity index (χ4v) is 3.78. The van der Waals surface area contributed by atoms with Gasteiger partial charge in [0.15, 0.2) is 0 Å². The maximum Gasteiger partial charge on any atom is 0.270 e. The molecule has 1 amide bonds. The number of hydrogen-bond donors (Lipinski definition) is 1. The van der Waals surface area contributed by atoms with Crippen LogP contribution in [0.3, 0.4) is 0 Å². The second kappa shape index (κ2) is 7.65. The van der Waals surface area contributed by atoms with E-state index in [1.807, 2.05) is 38.2 Å². The summed E-state index contributed by atoms with van der Waals surface area (Å²) in [5.74, 6) is 0.667. The molecule has 1 heterocycles. The third-order valence-corrected chi connectivity index (χ3v) is 5.04. The summed E-state index contributed by atoms with van der Waals surface area (Å²) in [4.78, 5) is 12.7. The molecule has 1 fully saturated rings. The summed E-state index contributed by atoms with van der Waals surface area (Å²) in [7, 11) is 1.82. The van der Waals surface area contributed by atoms with Crippen molar-refractivity contribution in [3.05, 3.63) is 53.3 Å². The number of amides is 1. The molecular formula is C20H27N3O. The normalized spacial score (nSPS) is 16.8. The van der Waals surface area contributed by atoms with Crippen LogP contribution < -0.4 is 5.32 Å². The summed E-state index contributed by atoms with van der Waals surface area (Å²) in [6.45, 7) is 1.91. The zero-order chi connectivity index (χ0) is 16.9. The van der Waals surface area contributed by atoms with Crippen LogP contribution in [0.15, 0.2) is 36.4 Å². The average Bonchev–Trinajstić information content (AvgIpc) is 2.94. The number of aryl methyl sites for hydroxylation is 2. The predicted molar refractivity (Wildman–Crippen MR) is 95.8 cm³/mol. The molecule has 1 aromatic heterocycles. The molecule has 1 aliphatic rings. The molecule has 1 aromatic carbocycles. The molecule has 0 bridgehead atoms. The van der Waals surface area contributed by atoms with Gasteiger partial charge in [0.05, 0.1) is 11.7 Å². The molecule has 1 unspecified atom stereocenters. The summed E-state index contributed by atoms with van der Waals surface area (Å²) in [5, 5.41) is 7.53. The average molecular weight is 325 g/mol. The highest BCUT2D eigenvalue weighted by atomic mass is 16.2. The number of hydrogen-bond acceptors (Lipinski definition) is 2. The summed E-state index contributed by atoms with van der Waals surface area (Å²) in [6.07, 6.45) is 7.58. The lowest BCUT2D eigenvalue weighted by molar-refractivity contribution is 0.0919. The van der Waals surface area contributed by atoms with Crippen molar-refractivity contribution >= 4 is 5.91 Å². The zero-order valence-electron chi connectivity index (χ0n) is 14.7. The van der Waals surface area contributed by atoms with Crippen LogP contribution in [0.2, 0.25) is 0 Å². The van der Waals surface area contributed by atoms with Crippen LogP contribution in [-0.2, 0) is 7.05 Å². The van der Waals surface area contributed by atoms with Crippen molar-refractivity contribution in [2.75, 3.05) is 0 Å². The Kier molecular flexibility index (Phi) is 5.34. The van der Waals surface area contributed by atoms with Crippen LogP contribution in [0.25, 0.3) is 0 Å². The predicted octanol–water partition coefficient (Wildman–Crippen LogP) is 4.17. The lowest BCUT2D eigenvalue weighted by atomic mass is 9.83. The molecule has 4 heteroatoms.